The van der Waals surface area contributed by atoms with Crippen LogP contribution in [0.5, 0.6) is 0 Å². The molecule has 0 spiro atoms. The highest BCUT2D eigenvalue weighted by atomic mass is 32.1. The molecular formula is C26H26N4O4S. The minimum Gasteiger partial charge on any atom is -0.472 e. The van der Waals surface area contributed by atoms with Crippen LogP contribution in [-0.4, -0.2) is 52.8 Å². The highest BCUT2D eigenvalue weighted by molar-refractivity contribution is 7.16. The number of anilines is 1. The molecule has 1 saturated heterocycles. The van der Waals surface area contributed by atoms with E-state index in [9.17, 15) is 9.59 Å². The lowest BCUT2D eigenvalue weighted by atomic mass is 9.89. The lowest BCUT2D eigenvalue weighted by molar-refractivity contribution is -0.135. The molecule has 1 fully saturated rings. The molecule has 3 aromatic heterocycles. The van der Waals surface area contributed by atoms with Crippen LogP contribution >= 0.6 is 11.3 Å². The van der Waals surface area contributed by atoms with Crippen molar-refractivity contribution in [2.24, 2.45) is 0 Å². The molecule has 9 heteroatoms. The Kier molecular flexibility index (Phi) is 5.87. The van der Waals surface area contributed by atoms with Crippen molar-refractivity contribution in [3.63, 3.8) is 0 Å². The van der Waals surface area contributed by atoms with Crippen LogP contribution in [0.3, 0.4) is 0 Å². The second-order valence-corrected chi connectivity index (χ2v) is 10.2. The predicted molar refractivity (Wildman–Crippen MR) is 133 cm³/mol. The Bertz CT molecular complexity index is 1320. The number of aromatic nitrogens is 1. The zero-order chi connectivity index (χ0) is 23.8. The van der Waals surface area contributed by atoms with Crippen LogP contribution in [-0.2, 0) is 17.8 Å². The van der Waals surface area contributed by atoms with E-state index in [2.05, 4.69) is 27.3 Å². The number of thiazole rings is 1. The topological polar surface area (TPSA) is 91.8 Å². The van der Waals surface area contributed by atoms with Crippen molar-refractivity contribution < 1.29 is 18.4 Å². The van der Waals surface area contributed by atoms with E-state index in [0.29, 0.717) is 23.8 Å². The van der Waals surface area contributed by atoms with Gasteiger partial charge in [-0.3, -0.25) is 19.8 Å². The molecule has 1 N–H and O–H groups in total. The van der Waals surface area contributed by atoms with E-state index in [1.54, 1.807) is 6.07 Å². The Hall–Kier alpha value is -3.43. The fourth-order valence-electron chi connectivity index (χ4n) is 4.96. The third kappa shape index (κ3) is 4.49. The molecule has 1 aliphatic heterocycles. The maximum Gasteiger partial charge on any atom is 0.260 e. The van der Waals surface area contributed by atoms with E-state index in [-0.39, 0.29) is 17.7 Å². The SMILES string of the molecule is O=C(Nc1nc2c(s1)CCCC2C(=O)N1CCN(Cc2cc3ccccc3o2)CC1)c1ccoc1. The minimum atomic E-state index is -0.256. The third-order valence-corrected chi connectivity index (χ3v) is 7.84. The van der Waals surface area contributed by atoms with E-state index < -0.39 is 0 Å². The summed E-state index contributed by atoms with van der Waals surface area (Å²) in [5.74, 6) is 0.604. The molecule has 0 radical (unpaired) electrons. The maximum absolute atomic E-state index is 13.5. The largest absolute Gasteiger partial charge is 0.472 e. The molecule has 0 bridgehead atoms. The fourth-order valence-corrected chi connectivity index (χ4v) is 6.02. The summed E-state index contributed by atoms with van der Waals surface area (Å²) in [5, 5.41) is 4.50. The van der Waals surface area contributed by atoms with E-state index in [0.717, 1.165) is 66.2 Å². The molecule has 4 heterocycles. The van der Waals surface area contributed by atoms with Crippen molar-refractivity contribution in [3.8, 4) is 0 Å². The van der Waals surface area contributed by atoms with E-state index in [1.165, 1.54) is 23.9 Å². The average molecular weight is 491 g/mol. The standard InChI is InChI=1S/C26H26N4O4S/c31-24(18-8-13-33-16-18)28-26-27-23-20(5-3-7-22(23)35-26)25(32)30-11-9-29(10-12-30)15-19-14-17-4-1-2-6-21(17)34-19/h1-2,4,6,8,13-14,16,20H,3,5,7,9-12,15H2,(H,27,28,31). The molecule has 0 saturated carbocycles. The lowest BCUT2D eigenvalue weighted by Crippen LogP contribution is -2.49. The molecule has 8 nitrogen and oxygen atoms in total. The van der Waals surface area contributed by atoms with Gasteiger partial charge in [-0.15, -0.1) is 11.3 Å². The zero-order valence-electron chi connectivity index (χ0n) is 19.2. The zero-order valence-corrected chi connectivity index (χ0v) is 20.1. The van der Waals surface area contributed by atoms with Gasteiger partial charge < -0.3 is 13.7 Å². The first-order valence-corrected chi connectivity index (χ1v) is 12.8. The van der Waals surface area contributed by atoms with Crippen molar-refractivity contribution in [3.05, 3.63) is 70.8 Å². The van der Waals surface area contributed by atoms with Gasteiger partial charge in [0.25, 0.3) is 5.91 Å². The fraction of sp³-hybridized carbons (Fsp3) is 0.346. The normalized spacial score (nSPS) is 18.5. The summed E-state index contributed by atoms with van der Waals surface area (Å²) < 4.78 is 11.0. The molecule has 1 unspecified atom stereocenters. The summed E-state index contributed by atoms with van der Waals surface area (Å²) in [6.45, 7) is 3.76. The number of nitrogens with one attached hydrogen (secondary N) is 1. The number of rotatable bonds is 5. The molecule has 35 heavy (non-hydrogen) atoms. The monoisotopic (exact) mass is 490 g/mol. The number of carbonyl (C=O) groups is 2. The van der Waals surface area contributed by atoms with Crippen molar-refractivity contribution in [1.82, 2.24) is 14.8 Å². The highest BCUT2D eigenvalue weighted by Gasteiger charge is 2.34. The number of hydrogen-bond acceptors (Lipinski definition) is 7. The highest BCUT2D eigenvalue weighted by Crippen LogP contribution is 2.38. The molecule has 180 valence electrons. The Labute approximate surface area is 206 Å². The number of nitrogens with zero attached hydrogens (tertiary/aromatic N) is 3. The summed E-state index contributed by atoms with van der Waals surface area (Å²) >= 11 is 1.47. The van der Waals surface area contributed by atoms with Gasteiger partial charge in [-0.2, -0.15) is 0 Å². The van der Waals surface area contributed by atoms with E-state index in [1.807, 2.05) is 23.1 Å². The second kappa shape index (κ2) is 9.31. The van der Waals surface area contributed by atoms with Gasteiger partial charge in [0, 0.05) is 36.4 Å². The second-order valence-electron chi connectivity index (χ2n) is 9.09. The van der Waals surface area contributed by atoms with Crippen LogP contribution in [0.15, 0.2) is 57.8 Å². The first-order chi connectivity index (χ1) is 17.1. The smallest absolute Gasteiger partial charge is 0.260 e. The van der Waals surface area contributed by atoms with Crippen LogP contribution in [0.25, 0.3) is 11.0 Å². The maximum atomic E-state index is 13.5. The molecule has 1 aromatic carbocycles. The van der Waals surface area contributed by atoms with Gasteiger partial charge in [0.05, 0.1) is 30.0 Å². The molecular weight excluding hydrogens is 464 g/mol. The number of piperazine rings is 1. The van der Waals surface area contributed by atoms with Crippen LogP contribution in [0.1, 0.15) is 45.4 Å². The van der Waals surface area contributed by atoms with Crippen molar-refractivity contribution in [1.29, 1.82) is 0 Å². The van der Waals surface area contributed by atoms with E-state index >= 15 is 0 Å². The number of benzene rings is 1. The quantitative estimate of drug-likeness (QED) is 0.443. The number of fused-ring (bicyclic) bond motifs is 2. The van der Waals surface area contributed by atoms with Gasteiger partial charge in [0.1, 0.15) is 17.6 Å². The van der Waals surface area contributed by atoms with Gasteiger partial charge >= 0.3 is 0 Å². The van der Waals surface area contributed by atoms with Crippen LogP contribution in [0.2, 0.25) is 0 Å². The minimum absolute atomic E-state index is 0.146. The van der Waals surface area contributed by atoms with Gasteiger partial charge in [-0.1, -0.05) is 18.2 Å². The predicted octanol–water partition coefficient (Wildman–Crippen LogP) is 4.50. The number of aryl methyl sites for hydroxylation is 1. The molecule has 6 rings (SSSR count). The Balaban J connectivity index is 1.09. The Morgan fingerprint density at radius 3 is 2.80 bits per heavy atom. The van der Waals surface area contributed by atoms with Crippen molar-refractivity contribution in [2.75, 3.05) is 31.5 Å². The number of para-hydroxylation sites is 1. The van der Waals surface area contributed by atoms with Crippen molar-refractivity contribution >= 4 is 39.3 Å². The van der Waals surface area contributed by atoms with Crippen LogP contribution in [0.4, 0.5) is 5.13 Å². The van der Waals surface area contributed by atoms with Gasteiger partial charge in [-0.25, -0.2) is 4.98 Å². The van der Waals surface area contributed by atoms with E-state index in [4.69, 9.17) is 8.83 Å². The number of furan rings is 2. The molecule has 2 amide bonds. The lowest BCUT2D eigenvalue weighted by Gasteiger charge is -2.36. The molecule has 4 aromatic rings. The number of amides is 2. The first kappa shape index (κ1) is 22.1. The number of hydrogen-bond donors (Lipinski definition) is 1. The first-order valence-electron chi connectivity index (χ1n) is 12.0. The summed E-state index contributed by atoms with van der Waals surface area (Å²) in [4.78, 5) is 35.9. The molecule has 1 atom stereocenters. The van der Waals surface area contributed by atoms with Crippen LogP contribution < -0.4 is 5.32 Å². The average Bonchev–Trinajstić information content (AvgIpc) is 3.62. The molecule has 2 aliphatic rings. The van der Waals surface area contributed by atoms with Gasteiger partial charge in [-0.05, 0) is 37.5 Å². The molecule has 1 aliphatic carbocycles. The summed E-state index contributed by atoms with van der Waals surface area (Å²) in [7, 11) is 0. The third-order valence-electron chi connectivity index (χ3n) is 6.80. The van der Waals surface area contributed by atoms with Gasteiger partial charge in [0.2, 0.25) is 5.91 Å². The van der Waals surface area contributed by atoms with Crippen molar-refractivity contribution in [2.45, 2.75) is 31.7 Å². The summed E-state index contributed by atoms with van der Waals surface area (Å²) in [5.41, 5.74) is 2.19. The summed E-state index contributed by atoms with van der Waals surface area (Å²) in [6, 6.07) is 11.8. The van der Waals surface area contributed by atoms with Gasteiger partial charge in [0.15, 0.2) is 5.13 Å². The van der Waals surface area contributed by atoms with Crippen LogP contribution in [0, 0.1) is 0 Å². The summed E-state index contributed by atoms with van der Waals surface area (Å²) in [6.07, 6.45) is 5.51. The number of carbonyl (C=O) groups excluding carboxylic acids is 2. The Morgan fingerprint density at radius 1 is 1.14 bits per heavy atom. The Morgan fingerprint density at radius 2 is 2.00 bits per heavy atom.